The summed E-state index contributed by atoms with van der Waals surface area (Å²) in [6.45, 7) is 0. The first kappa shape index (κ1) is 17.7. The van der Waals surface area contributed by atoms with E-state index in [0.717, 1.165) is 60.9 Å². The lowest BCUT2D eigenvalue weighted by molar-refractivity contribution is -0.142. The fraction of sp³-hybridized carbons (Fsp3) is 0.667. The quantitative estimate of drug-likeness (QED) is 0.835. The van der Waals surface area contributed by atoms with Gasteiger partial charge in [0.15, 0.2) is 5.65 Å². The maximum absolute atomic E-state index is 13.6. The highest BCUT2D eigenvalue weighted by Crippen LogP contribution is 2.53. The molecule has 7 rings (SSSR count). The van der Waals surface area contributed by atoms with Crippen LogP contribution in [0.4, 0.5) is 13.2 Å². The van der Waals surface area contributed by atoms with Crippen molar-refractivity contribution in [3.8, 4) is 0 Å². The predicted octanol–water partition coefficient (Wildman–Crippen LogP) is 4.18. The Morgan fingerprint density at radius 3 is 2.31 bits per heavy atom. The van der Waals surface area contributed by atoms with Crippen molar-refractivity contribution in [3.63, 3.8) is 0 Å². The molecule has 0 saturated heterocycles. The molecule has 2 aromatic heterocycles. The lowest BCUT2D eigenvalue weighted by atomic mass is 9.54. The van der Waals surface area contributed by atoms with Crippen LogP contribution in [0.5, 0.6) is 0 Å². The molecule has 5 fully saturated rings. The first-order valence-electron chi connectivity index (χ1n) is 10.6. The number of hydrogen-bond donors (Lipinski definition) is 1. The van der Waals surface area contributed by atoms with Crippen molar-refractivity contribution in [2.75, 3.05) is 0 Å². The number of fused-ring (bicyclic) bond motifs is 1. The van der Waals surface area contributed by atoms with Crippen molar-refractivity contribution in [2.45, 2.75) is 63.1 Å². The first-order valence-corrected chi connectivity index (χ1v) is 10.6. The molecule has 0 spiro atoms. The second-order valence-electron chi connectivity index (χ2n) is 9.56. The van der Waals surface area contributed by atoms with Crippen molar-refractivity contribution in [1.82, 2.24) is 19.9 Å². The third-order valence-electron chi connectivity index (χ3n) is 7.55. The number of amides is 1. The second-order valence-corrected chi connectivity index (χ2v) is 9.56. The summed E-state index contributed by atoms with van der Waals surface area (Å²) in [4.78, 5) is 17.5. The minimum absolute atomic E-state index is 0.0167. The summed E-state index contributed by atoms with van der Waals surface area (Å²) >= 11 is 0. The maximum atomic E-state index is 13.6. The van der Waals surface area contributed by atoms with Gasteiger partial charge in [-0.15, -0.1) is 0 Å². The monoisotopic (exact) mass is 404 g/mol. The first-order chi connectivity index (χ1) is 13.9. The summed E-state index contributed by atoms with van der Waals surface area (Å²) in [7, 11) is 0. The van der Waals surface area contributed by atoms with E-state index in [2.05, 4.69) is 15.4 Å². The van der Waals surface area contributed by atoms with Crippen LogP contribution in [-0.2, 0) is 6.18 Å². The third-order valence-corrected chi connectivity index (χ3v) is 7.55. The molecule has 5 aliphatic rings. The van der Waals surface area contributed by atoms with Crippen LogP contribution in [0.2, 0.25) is 0 Å². The Labute approximate surface area is 166 Å². The molecule has 5 aliphatic carbocycles. The fourth-order valence-electron chi connectivity index (χ4n) is 6.32. The van der Waals surface area contributed by atoms with Crippen LogP contribution < -0.4 is 5.32 Å². The summed E-state index contributed by atoms with van der Waals surface area (Å²) in [5.41, 5.74) is -0.290. The highest BCUT2D eigenvalue weighted by molar-refractivity contribution is 5.99. The molecule has 0 aliphatic heterocycles. The molecule has 1 N–H and O–H groups in total. The van der Waals surface area contributed by atoms with Crippen LogP contribution >= 0.6 is 0 Å². The standard InChI is InChI=1S/C21H23F3N4O/c22-21(23,24)17-8-16(12-1-2-12)26-19-15(9-25-28(17)19)20(29)27-18-13-4-10-3-11(6-13)7-14(18)5-10/h8-14,18H,1-7H2,(H,27,29). The minimum Gasteiger partial charge on any atom is -0.349 e. The Morgan fingerprint density at radius 2 is 1.72 bits per heavy atom. The normalized spacial score (nSPS) is 33.4. The number of nitrogens with zero attached hydrogens (tertiary/aromatic N) is 3. The molecule has 0 radical (unpaired) electrons. The van der Waals surface area contributed by atoms with Gasteiger partial charge < -0.3 is 5.32 Å². The van der Waals surface area contributed by atoms with Crippen molar-refractivity contribution in [1.29, 1.82) is 0 Å². The highest BCUT2D eigenvalue weighted by Gasteiger charge is 2.49. The number of rotatable bonds is 3. The maximum Gasteiger partial charge on any atom is 0.433 e. The van der Waals surface area contributed by atoms with Gasteiger partial charge in [0.2, 0.25) is 0 Å². The average Bonchev–Trinajstić information content (AvgIpc) is 3.41. The van der Waals surface area contributed by atoms with Gasteiger partial charge in [0.25, 0.3) is 5.91 Å². The summed E-state index contributed by atoms with van der Waals surface area (Å²) in [5, 5.41) is 7.05. The van der Waals surface area contributed by atoms with E-state index < -0.39 is 11.9 Å². The molecule has 154 valence electrons. The zero-order valence-electron chi connectivity index (χ0n) is 16.0. The Morgan fingerprint density at radius 1 is 1.07 bits per heavy atom. The zero-order valence-corrected chi connectivity index (χ0v) is 16.0. The van der Waals surface area contributed by atoms with E-state index in [4.69, 9.17) is 0 Å². The number of halogens is 3. The molecule has 2 aromatic rings. The van der Waals surface area contributed by atoms with Crippen LogP contribution in [0.1, 0.15) is 72.6 Å². The van der Waals surface area contributed by atoms with Gasteiger partial charge in [-0.25, -0.2) is 9.50 Å². The Bertz CT molecular complexity index is 966. The second kappa shape index (κ2) is 5.95. The Kier molecular flexibility index (Phi) is 3.64. The van der Waals surface area contributed by atoms with Gasteiger partial charge in [0, 0.05) is 17.7 Å². The Hall–Kier alpha value is -2.12. The largest absolute Gasteiger partial charge is 0.433 e. The Balaban J connectivity index is 1.34. The van der Waals surface area contributed by atoms with Crippen LogP contribution in [0.3, 0.4) is 0 Å². The van der Waals surface area contributed by atoms with Gasteiger partial charge >= 0.3 is 6.18 Å². The van der Waals surface area contributed by atoms with Crippen molar-refractivity contribution in [3.05, 3.63) is 29.2 Å². The SMILES string of the molecule is O=C(NC1C2CC3CC(C2)CC1C3)c1cnn2c(C(F)(F)F)cc(C3CC3)nc12. The van der Waals surface area contributed by atoms with Crippen LogP contribution in [0.15, 0.2) is 12.3 Å². The van der Waals surface area contributed by atoms with E-state index >= 15 is 0 Å². The van der Waals surface area contributed by atoms with E-state index in [9.17, 15) is 18.0 Å². The fourth-order valence-corrected chi connectivity index (χ4v) is 6.32. The van der Waals surface area contributed by atoms with E-state index in [-0.39, 0.29) is 29.1 Å². The number of alkyl halides is 3. The van der Waals surface area contributed by atoms with Gasteiger partial charge in [0.05, 0.1) is 6.20 Å². The molecule has 1 amide bonds. The topological polar surface area (TPSA) is 59.3 Å². The molecular weight excluding hydrogens is 381 g/mol. The molecule has 5 nitrogen and oxygen atoms in total. The summed E-state index contributed by atoms with van der Waals surface area (Å²) in [5.74, 6) is 2.29. The van der Waals surface area contributed by atoms with Crippen LogP contribution in [0.25, 0.3) is 5.65 Å². The number of nitrogens with one attached hydrogen (secondary N) is 1. The van der Waals surface area contributed by atoms with Crippen molar-refractivity contribution < 1.29 is 18.0 Å². The number of carbonyl (C=O) groups excluding carboxylic acids is 1. The van der Waals surface area contributed by atoms with Crippen LogP contribution in [-0.4, -0.2) is 26.5 Å². The predicted molar refractivity (Wildman–Crippen MR) is 98.3 cm³/mol. The molecule has 0 aromatic carbocycles. The summed E-state index contributed by atoms with van der Waals surface area (Å²) in [6, 6.07) is 1.20. The van der Waals surface area contributed by atoms with Gasteiger partial charge in [-0.2, -0.15) is 18.3 Å². The smallest absolute Gasteiger partial charge is 0.349 e. The minimum atomic E-state index is -4.55. The lowest BCUT2D eigenvalue weighted by Gasteiger charge is -2.54. The molecular formula is C21H23F3N4O. The molecule has 2 heterocycles. The average molecular weight is 404 g/mol. The van der Waals surface area contributed by atoms with E-state index in [1.165, 1.54) is 12.6 Å². The molecule has 8 heteroatoms. The number of carbonyl (C=O) groups is 1. The van der Waals surface area contributed by atoms with Crippen molar-refractivity contribution >= 4 is 11.6 Å². The van der Waals surface area contributed by atoms with Gasteiger partial charge in [0.1, 0.15) is 11.3 Å². The van der Waals surface area contributed by atoms with Crippen LogP contribution in [0, 0.1) is 23.7 Å². The highest BCUT2D eigenvalue weighted by atomic mass is 19.4. The number of hydrogen-bond acceptors (Lipinski definition) is 3. The molecule has 4 bridgehead atoms. The lowest BCUT2D eigenvalue weighted by Crippen LogP contribution is -2.55. The van der Waals surface area contributed by atoms with Crippen molar-refractivity contribution in [2.24, 2.45) is 23.7 Å². The summed E-state index contributed by atoms with van der Waals surface area (Å²) in [6.07, 6.45) is 4.34. The molecule has 5 saturated carbocycles. The number of aromatic nitrogens is 3. The third kappa shape index (κ3) is 2.86. The molecule has 0 unspecified atom stereocenters. The summed E-state index contributed by atoms with van der Waals surface area (Å²) < 4.78 is 41.5. The molecule has 29 heavy (non-hydrogen) atoms. The zero-order chi connectivity index (χ0) is 19.9. The van der Waals surface area contributed by atoms with Gasteiger partial charge in [-0.3, -0.25) is 4.79 Å². The van der Waals surface area contributed by atoms with E-state index in [1.54, 1.807) is 0 Å². The molecule has 0 atom stereocenters. The van der Waals surface area contributed by atoms with Gasteiger partial charge in [-0.1, -0.05) is 0 Å². The van der Waals surface area contributed by atoms with E-state index in [0.29, 0.717) is 17.5 Å². The van der Waals surface area contributed by atoms with Gasteiger partial charge in [-0.05, 0) is 74.7 Å². The van der Waals surface area contributed by atoms with E-state index in [1.807, 2.05) is 0 Å².